The Kier molecular flexibility index (Phi) is 2.46. The molecule has 78 valence electrons. The average molecular weight is 202 g/mol. The van der Waals surface area contributed by atoms with E-state index in [1.165, 1.54) is 0 Å². The minimum Gasteiger partial charge on any atom is -0.497 e. The molecule has 1 aromatic heterocycles. The van der Waals surface area contributed by atoms with Crippen molar-refractivity contribution in [3.05, 3.63) is 36.7 Å². The normalized spacial score (nSPS) is 10.5. The number of allylic oxidation sites excluding steroid dienone is 1. The minimum absolute atomic E-state index is 0.808. The summed E-state index contributed by atoms with van der Waals surface area (Å²) in [4.78, 5) is 4.32. The highest BCUT2D eigenvalue weighted by molar-refractivity contribution is 5.77. The Labute approximate surface area is 89.0 Å². The molecule has 15 heavy (non-hydrogen) atoms. The van der Waals surface area contributed by atoms with Gasteiger partial charge in [-0.25, -0.2) is 4.98 Å². The van der Waals surface area contributed by atoms with Gasteiger partial charge in [-0.05, 0) is 19.1 Å². The van der Waals surface area contributed by atoms with Gasteiger partial charge in [0, 0.05) is 12.6 Å². The molecule has 1 aromatic carbocycles. The van der Waals surface area contributed by atoms with Crippen molar-refractivity contribution in [3.8, 4) is 5.75 Å². The number of aromatic nitrogens is 2. The first kappa shape index (κ1) is 9.77. The molecule has 1 heterocycles. The summed E-state index contributed by atoms with van der Waals surface area (Å²) in [6.07, 6.45) is 1.83. The van der Waals surface area contributed by atoms with Crippen molar-refractivity contribution in [2.24, 2.45) is 0 Å². The number of benzene rings is 1. The molecular formula is C12H14N2O. The molecule has 0 fully saturated rings. The lowest BCUT2D eigenvalue weighted by Crippen LogP contribution is -1.95. The van der Waals surface area contributed by atoms with Gasteiger partial charge < -0.3 is 9.30 Å². The van der Waals surface area contributed by atoms with Crippen LogP contribution in [-0.4, -0.2) is 16.7 Å². The predicted molar refractivity (Wildman–Crippen MR) is 61.1 cm³/mol. The van der Waals surface area contributed by atoms with Crippen LogP contribution in [-0.2, 0) is 6.54 Å². The van der Waals surface area contributed by atoms with Crippen molar-refractivity contribution in [1.29, 1.82) is 0 Å². The predicted octanol–water partition coefficient (Wildman–Crippen LogP) is 2.62. The maximum absolute atomic E-state index is 5.15. The number of methoxy groups -OCH3 is 1. The summed E-state index contributed by atoms with van der Waals surface area (Å²) >= 11 is 0. The van der Waals surface area contributed by atoms with Crippen molar-refractivity contribution >= 4 is 11.0 Å². The van der Waals surface area contributed by atoms with Crippen LogP contribution in [0.1, 0.15) is 6.92 Å². The van der Waals surface area contributed by atoms with Gasteiger partial charge in [0.2, 0.25) is 0 Å². The highest BCUT2D eigenvalue weighted by Gasteiger charge is 2.03. The molecule has 0 saturated carbocycles. The fourth-order valence-electron chi connectivity index (χ4n) is 1.59. The molecule has 0 radical (unpaired) electrons. The molecule has 0 atom stereocenters. The van der Waals surface area contributed by atoms with E-state index in [9.17, 15) is 0 Å². The minimum atomic E-state index is 0.808. The van der Waals surface area contributed by atoms with E-state index in [4.69, 9.17) is 4.74 Å². The third kappa shape index (κ3) is 1.86. The maximum atomic E-state index is 5.15. The monoisotopic (exact) mass is 202 g/mol. The molecule has 0 spiro atoms. The summed E-state index contributed by atoms with van der Waals surface area (Å²) < 4.78 is 7.23. The zero-order valence-electron chi connectivity index (χ0n) is 9.03. The fraction of sp³-hybridized carbons (Fsp3) is 0.250. The second-order valence-corrected chi connectivity index (χ2v) is 3.68. The lowest BCUT2D eigenvalue weighted by Gasteiger charge is -2.03. The van der Waals surface area contributed by atoms with E-state index in [0.29, 0.717) is 0 Å². The van der Waals surface area contributed by atoms with Gasteiger partial charge in [-0.2, -0.15) is 0 Å². The van der Waals surface area contributed by atoms with Crippen LogP contribution in [0.15, 0.2) is 36.7 Å². The SMILES string of the molecule is C=C(C)Cn1cnc2cc(OC)ccc21. The average Bonchev–Trinajstić information content (AvgIpc) is 2.60. The zero-order valence-corrected chi connectivity index (χ0v) is 9.03. The lowest BCUT2D eigenvalue weighted by molar-refractivity contribution is 0.415. The van der Waals surface area contributed by atoms with Crippen LogP contribution in [0.4, 0.5) is 0 Å². The van der Waals surface area contributed by atoms with Crippen LogP contribution >= 0.6 is 0 Å². The molecular weight excluding hydrogens is 188 g/mol. The van der Waals surface area contributed by atoms with E-state index in [2.05, 4.69) is 16.1 Å². The van der Waals surface area contributed by atoms with Gasteiger partial charge >= 0.3 is 0 Å². The first-order valence-electron chi connectivity index (χ1n) is 4.84. The Morgan fingerprint density at radius 3 is 3.00 bits per heavy atom. The summed E-state index contributed by atoms with van der Waals surface area (Å²) in [5, 5.41) is 0. The fourth-order valence-corrected chi connectivity index (χ4v) is 1.59. The molecule has 3 nitrogen and oxygen atoms in total. The highest BCUT2D eigenvalue weighted by atomic mass is 16.5. The Morgan fingerprint density at radius 2 is 2.33 bits per heavy atom. The van der Waals surface area contributed by atoms with E-state index < -0.39 is 0 Å². The summed E-state index contributed by atoms with van der Waals surface area (Å²) in [5.41, 5.74) is 3.18. The summed E-state index contributed by atoms with van der Waals surface area (Å²) in [7, 11) is 1.66. The molecule has 0 aliphatic carbocycles. The van der Waals surface area contributed by atoms with Gasteiger partial charge in [-0.3, -0.25) is 0 Å². The Hall–Kier alpha value is -1.77. The van der Waals surface area contributed by atoms with E-state index >= 15 is 0 Å². The number of imidazole rings is 1. The third-order valence-corrected chi connectivity index (χ3v) is 2.27. The molecule has 0 aliphatic rings. The molecule has 0 bridgehead atoms. The van der Waals surface area contributed by atoms with Crippen LogP contribution in [0, 0.1) is 0 Å². The van der Waals surface area contributed by atoms with Crippen molar-refractivity contribution in [1.82, 2.24) is 9.55 Å². The number of fused-ring (bicyclic) bond motifs is 1. The van der Waals surface area contributed by atoms with Gasteiger partial charge in [0.05, 0.1) is 24.5 Å². The molecule has 0 amide bonds. The molecule has 3 heteroatoms. The number of hydrogen-bond donors (Lipinski definition) is 0. The van der Waals surface area contributed by atoms with Crippen LogP contribution < -0.4 is 4.74 Å². The van der Waals surface area contributed by atoms with Gasteiger partial charge in [-0.15, -0.1) is 0 Å². The Bertz CT molecular complexity index is 499. The number of ether oxygens (including phenoxy) is 1. The smallest absolute Gasteiger partial charge is 0.121 e. The maximum Gasteiger partial charge on any atom is 0.121 e. The standard InChI is InChI=1S/C12H14N2O/c1-9(2)7-14-8-13-11-6-10(15-3)4-5-12(11)14/h4-6,8H,1,7H2,2-3H3. The van der Waals surface area contributed by atoms with Crippen molar-refractivity contribution < 1.29 is 4.74 Å². The van der Waals surface area contributed by atoms with Crippen LogP contribution in [0.5, 0.6) is 5.75 Å². The Balaban J connectivity index is 2.47. The van der Waals surface area contributed by atoms with E-state index in [-0.39, 0.29) is 0 Å². The lowest BCUT2D eigenvalue weighted by atomic mass is 10.3. The van der Waals surface area contributed by atoms with Gasteiger partial charge in [0.15, 0.2) is 0 Å². The Morgan fingerprint density at radius 1 is 1.53 bits per heavy atom. The molecule has 0 saturated heterocycles. The summed E-state index contributed by atoms with van der Waals surface area (Å²) in [6.45, 7) is 6.71. The van der Waals surface area contributed by atoms with E-state index in [1.54, 1.807) is 7.11 Å². The first-order chi connectivity index (χ1) is 7.20. The molecule has 0 N–H and O–H groups in total. The van der Waals surface area contributed by atoms with Gasteiger partial charge in [-0.1, -0.05) is 12.2 Å². The topological polar surface area (TPSA) is 27.1 Å². The van der Waals surface area contributed by atoms with Gasteiger partial charge in [0.1, 0.15) is 5.75 Å². The second kappa shape index (κ2) is 3.77. The number of nitrogens with zero attached hydrogens (tertiary/aromatic N) is 2. The van der Waals surface area contributed by atoms with Crippen LogP contribution in [0.2, 0.25) is 0 Å². The number of rotatable bonds is 3. The van der Waals surface area contributed by atoms with E-state index in [0.717, 1.165) is 28.9 Å². The van der Waals surface area contributed by atoms with E-state index in [1.807, 2.05) is 31.5 Å². The zero-order chi connectivity index (χ0) is 10.8. The molecule has 2 rings (SSSR count). The summed E-state index contributed by atoms with van der Waals surface area (Å²) in [5.74, 6) is 0.836. The van der Waals surface area contributed by atoms with Crippen LogP contribution in [0.25, 0.3) is 11.0 Å². The van der Waals surface area contributed by atoms with Gasteiger partial charge in [0.25, 0.3) is 0 Å². The molecule has 0 unspecified atom stereocenters. The first-order valence-corrected chi connectivity index (χ1v) is 4.84. The third-order valence-electron chi connectivity index (χ3n) is 2.27. The van der Waals surface area contributed by atoms with Crippen LogP contribution in [0.3, 0.4) is 0 Å². The van der Waals surface area contributed by atoms with Crippen molar-refractivity contribution in [3.63, 3.8) is 0 Å². The highest BCUT2D eigenvalue weighted by Crippen LogP contribution is 2.19. The van der Waals surface area contributed by atoms with Crippen molar-refractivity contribution in [2.45, 2.75) is 13.5 Å². The van der Waals surface area contributed by atoms with Crippen molar-refractivity contribution in [2.75, 3.05) is 7.11 Å². The second-order valence-electron chi connectivity index (χ2n) is 3.68. The number of hydrogen-bond acceptors (Lipinski definition) is 2. The quantitative estimate of drug-likeness (QED) is 0.715. The summed E-state index contributed by atoms with van der Waals surface area (Å²) in [6, 6.07) is 5.90. The molecule has 0 aliphatic heterocycles. The molecule has 2 aromatic rings. The largest absolute Gasteiger partial charge is 0.497 e.